The first-order valence-corrected chi connectivity index (χ1v) is 16.0. The van der Waals surface area contributed by atoms with Crippen LogP contribution in [0, 0.1) is 0 Å². The predicted molar refractivity (Wildman–Crippen MR) is 167 cm³/mol. The van der Waals surface area contributed by atoms with Crippen molar-refractivity contribution < 1.29 is 8.42 Å². The molecular weight excluding hydrogens is 556 g/mol. The zero-order valence-electron chi connectivity index (χ0n) is 24.0. The van der Waals surface area contributed by atoms with Crippen molar-refractivity contribution in [1.29, 1.82) is 0 Å². The highest BCUT2D eigenvalue weighted by Crippen LogP contribution is 2.32. The molecule has 2 heterocycles. The molecule has 2 N–H and O–H groups in total. The molecule has 0 bridgehead atoms. The third-order valence-corrected chi connectivity index (χ3v) is 9.74. The van der Waals surface area contributed by atoms with Crippen LogP contribution in [-0.2, 0) is 22.9 Å². The number of benzene rings is 2. The van der Waals surface area contributed by atoms with E-state index in [1.807, 2.05) is 19.2 Å². The summed E-state index contributed by atoms with van der Waals surface area (Å²) in [6.07, 6.45) is 7.92. The second-order valence-corrected chi connectivity index (χ2v) is 12.9. The van der Waals surface area contributed by atoms with Crippen molar-refractivity contribution in [2.45, 2.75) is 69.4 Å². The lowest BCUT2D eigenvalue weighted by Gasteiger charge is -2.33. The number of hydrogen-bond donors (Lipinski definition) is 2. The summed E-state index contributed by atoms with van der Waals surface area (Å²) in [5.41, 5.74) is 4.82. The van der Waals surface area contributed by atoms with Crippen LogP contribution in [0.5, 0.6) is 0 Å². The van der Waals surface area contributed by atoms with Gasteiger partial charge in [-0.3, -0.25) is 4.72 Å². The van der Waals surface area contributed by atoms with Gasteiger partial charge in [-0.2, -0.15) is 0 Å². The monoisotopic (exact) mass is 592 g/mol. The molecule has 2 aromatic carbocycles. The third kappa shape index (κ3) is 6.47. The van der Waals surface area contributed by atoms with Crippen LogP contribution in [0.3, 0.4) is 0 Å². The molecule has 1 aliphatic rings. The van der Waals surface area contributed by atoms with Crippen LogP contribution >= 0.6 is 11.6 Å². The Hall–Kier alpha value is -3.27. The summed E-state index contributed by atoms with van der Waals surface area (Å²) in [4.78, 5) is 16.6. The summed E-state index contributed by atoms with van der Waals surface area (Å²) in [7, 11) is 0.435. The predicted octanol–water partition coefficient (Wildman–Crippen LogP) is 6.56. The average Bonchev–Trinajstić information content (AvgIpc) is 2.96. The number of sulfonamides is 1. The first-order chi connectivity index (χ1) is 19.7. The molecular formula is C31H37ClN6O2S. The van der Waals surface area contributed by atoms with Gasteiger partial charge in [-0.1, -0.05) is 37.6 Å². The maximum atomic E-state index is 12.9. The van der Waals surface area contributed by atoms with E-state index >= 15 is 0 Å². The maximum absolute atomic E-state index is 12.9. The smallest absolute Gasteiger partial charge is 0.264 e. The Morgan fingerprint density at radius 1 is 0.976 bits per heavy atom. The highest BCUT2D eigenvalue weighted by Gasteiger charge is 2.23. The van der Waals surface area contributed by atoms with Gasteiger partial charge in [-0.05, 0) is 100 Å². The van der Waals surface area contributed by atoms with Crippen molar-refractivity contribution in [3.8, 4) is 11.1 Å². The molecule has 1 saturated carbocycles. The van der Waals surface area contributed by atoms with Crippen LogP contribution in [0.2, 0.25) is 5.02 Å². The first kappa shape index (κ1) is 29.2. The Bertz CT molecular complexity index is 1650. The highest BCUT2D eigenvalue weighted by molar-refractivity contribution is 7.92. The molecule has 0 spiro atoms. The van der Waals surface area contributed by atoms with Gasteiger partial charge in [0.15, 0.2) is 0 Å². The number of pyridine rings is 1. The van der Waals surface area contributed by atoms with E-state index in [1.165, 1.54) is 18.9 Å². The second kappa shape index (κ2) is 12.3. The standard InChI is InChI=1S/C31H37ClN6O2S/c1-5-20-17-21(18-22-19-33-31(36-30(20)22)34-23-11-13-24(14-12-23)38(3)4)25-15-16-29(35-27(25)6-2)37-41(39,40)28-10-8-7-9-26(28)32/h7-10,15-19,23-24H,5-6,11-14H2,1-4H3,(H,35,37)(H,33,34,36). The van der Waals surface area contributed by atoms with Crippen molar-refractivity contribution in [2.75, 3.05) is 24.1 Å². The first-order valence-electron chi connectivity index (χ1n) is 14.2. The van der Waals surface area contributed by atoms with Crippen LogP contribution < -0.4 is 10.0 Å². The van der Waals surface area contributed by atoms with Crippen LogP contribution in [0.4, 0.5) is 11.8 Å². The van der Waals surface area contributed by atoms with Crippen LogP contribution in [0.15, 0.2) is 59.6 Å². The van der Waals surface area contributed by atoms with Crippen molar-refractivity contribution >= 4 is 44.3 Å². The molecule has 216 valence electrons. The van der Waals surface area contributed by atoms with Crippen LogP contribution in [0.25, 0.3) is 22.0 Å². The molecule has 8 nitrogen and oxygen atoms in total. The summed E-state index contributed by atoms with van der Waals surface area (Å²) in [6.45, 7) is 4.13. The van der Waals surface area contributed by atoms with Gasteiger partial charge in [0, 0.05) is 29.2 Å². The lowest BCUT2D eigenvalue weighted by Crippen LogP contribution is -2.36. The molecule has 0 radical (unpaired) electrons. The van der Waals surface area contributed by atoms with E-state index in [2.05, 4.69) is 58.1 Å². The van der Waals surface area contributed by atoms with Gasteiger partial charge >= 0.3 is 0 Å². The SMILES string of the molecule is CCc1nc(NS(=O)(=O)c2ccccc2Cl)ccc1-c1cc(CC)c2nc(NC3CCC(N(C)C)CC3)ncc2c1. The minimum absolute atomic E-state index is 0.0165. The number of fused-ring (bicyclic) bond motifs is 1. The van der Waals surface area contributed by atoms with Crippen molar-refractivity contribution in [1.82, 2.24) is 19.9 Å². The molecule has 41 heavy (non-hydrogen) atoms. The molecule has 10 heteroatoms. The number of anilines is 2. The second-order valence-electron chi connectivity index (χ2n) is 10.8. The number of nitrogens with zero attached hydrogens (tertiary/aromatic N) is 4. The fourth-order valence-corrected chi connectivity index (χ4v) is 7.10. The largest absolute Gasteiger partial charge is 0.351 e. The Morgan fingerprint density at radius 3 is 2.41 bits per heavy atom. The molecule has 5 rings (SSSR count). The highest BCUT2D eigenvalue weighted by atomic mass is 35.5. The van der Waals surface area contributed by atoms with E-state index in [-0.39, 0.29) is 15.7 Å². The molecule has 0 unspecified atom stereocenters. The molecule has 0 saturated heterocycles. The summed E-state index contributed by atoms with van der Waals surface area (Å²) in [6, 6.07) is 15.2. The summed E-state index contributed by atoms with van der Waals surface area (Å²) >= 11 is 6.13. The summed E-state index contributed by atoms with van der Waals surface area (Å²) in [5, 5.41) is 4.70. The number of nitrogens with one attached hydrogen (secondary N) is 2. The number of rotatable bonds is 9. The number of hydrogen-bond acceptors (Lipinski definition) is 7. The van der Waals surface area contributed by atoms with E-state index < -0.39 is 10.0 Å². The molecule has 0 aliphatic heterocycles. The zero-order chi connectivity index (χ0) is 29.1. The minimum atomic E-state index is -3.88. The number of halogens is 1. The summed E-state index contributed by atoms with van der Waals surface area (Å²) in [5.74, 6) is 0.931. The van der Waals surface area contributed by atoms with Gasteiger partial charge in [0.05, 0.1) is 16.2 Å². The molecule has 0 amide bonds. The number of aryl methyl sites for hydroxylation is 2. The van der Waals surface area contributed by atoms with E-state index in [4.69, 9.17) is 16.6 Å². The fourth-order valence-electron chi connectivity index (χ4n) is 5.58. The normalized spacial score (nSPS) is 17.6. The van der Waals surface area contributed by atoms with Crippen LogP contribution in [0.1, 0.15) is 50.8 Å². The molecule has 1 fully saturated rings. The van der Waals surface area contributed by atoms with Gasteiger partial charge in [-0.25, -0.2) is 23.4 Å². The molecule has 4 aromatic rings. The van der Waals surface area contributed by atoms with Gasteiger partial charge in [-0.15, -0.1) is 0 Å². The van der Waals surface area contributed by atoms with Crippen LogP contribution in [-0.4, -0.2) is 54.4 Å². The van der Waals surface area contributed by atoms with Gasteiger partial charge in [0.2, 0.25) is 5.95 Å². The quantitative estimate of drug-likeness (QED) is 0.227. The van der Waals surface area contributed by atoms with Gasteiger partial charge in [0.1, 0.15) is 10.7 Å². The Labute approximate surface area is 247 Å². The van der Waals surface area contributed by atoms with E-state index in [0.29, 0.717) is 24.5 Å². The Morgan fingerprint density at radius 2 is 1.73 bits per heavy atom. The van der Waals surface area contributed by atoms with E-state index in [9.17, 15) is 8.42 Å². The lowest BCUT2D eigenvalue weighted by atomic mass is 9.90. The third-order valence-electron chi connectivity index (χ3n) is 7.89. The molecule has 0 atom stereocenters. The Kier molecular flexibility index (Phi) is 8.77. The topological polar surface area (TPSA) is 100 Å². The fraction of sp³-hybridized carbons (Fsp3) is 0.387. The average molecular weight is 593 g/mol. The van der Waals surface area contributed by atoms with E-state index in [1.54, 1.807) is 24.3 Å². The van der Waals surface area contributed by atoms with Gasteiger partial charge in [0.25, 0.3) is 10.0 Å². The maximum Gasteiger partial charge on any atom is 0.264 e. The van der Waals surface area contributed by atoms with Crippen molar-refractivity contribution in [2.24, 2.45) is 0 Å². The molecule has 1 aliphatic carbocycles. The zero-order valence-corrected chi connectivity index (χ0v) is 25.6. The van der Waals surface area contributed by atoms with E-state index in [0.717, 1.165) is 52.5 Å². The summed E-state index contributed by atoms with van der Waals surface area (Å²) < 4.78 is 28.5. The minimum Gasteiger partial charge on any atom is -0.351 e. The van der Waals surface area contributed by atoms with Crippen molar-refractivity contribution in [3.63, 3.8) is 0 Å². The number of aromatic nitrogens is 3. The van der Waals surface area contributed by atoms with Crippen molar-refractivity contribution in [3.05, 3.63) is 71.0 Å². The Balaban J connectivity index is 1.40. The molecule has 2 aromatic heterocycles. The van der Waals surface area contributed by atoms with Gasteiger partial charge < -0.3 is 10.2 Å². The lowest BCUT2D eigenvalue weighted by molar-refractivity contribution is 0.221.